The van der Waals surface area contributed by atoms with Crippen LogP contribution < -0.4 is 9.55 Å². The summed E-state index contributed by atoms with van der Waals surface area (Å²) >= 11 is 7.17. The van der Waals surface area contributed by atoms with Gasteiger partial charge >= 0.3 is 0 Å². The van der Waals surface area contributed by atoms with E-state index < -0.39 is 10.0 Å². The number of hydrogen-bond acceptors (Lipinski definition) is 6. The standard InChI is InChI=1S/C15H21ClN4O3S2/c1-4-19(12(3)21)8-9-20-10-15(24-18-20)17-25(22,23)14-7-5-6-13(16)11(14)2/h5-7,10,17-18H,4,8-9H2,1-3H3. The molecular formula is C15H21ClN4O3S2. The first-order valence-electron chi connectivity index (χ1n) is 7.69. The largest absolute Gasteiger partial charge is 0.341 e. The van der Waals surface area contributed by atoms with E-state index in [1.807, 2.05) is 6.92 Å². The summed E-state index contributed by atoms with van der Waals surface area (Å²) in [6.07, 6.45) is 1.66. The summed E-state index contributed by atoms with van der Waals surface area (Å²) in [5, 5.41) is 2.59. The van der Waals surface area contributed by atoms with Gasteiger partial charge in [0.25, 0.3) is 10.0 Å². The van der Waals surface area contributed by atoms with E-state index in [0.717, 1.165) is 11.9 Å². The number of carbonyl (C=O) groups excluding carboxylic acids is 1. The second-order valence-electron chi connectivity index (χ2n) is 5.45. The molecule has 2 rings (SSSR count). The minimum atomic E-state index is -3.72. The van der Waals surface area contributed by atoms with Crippen molar-refractivity contribution in [3.8, 4) is 0 Å². The van der Waals surface area contributed by atoms with Crippen LogP contribution in [0.1, 0.15) is 19.4 Å². The predicted molar refractivity (Wildman–Crippen MR) is 100.0 cm³/mol. The third-order valence-corrected chi connectivity index (χ3v) is 6.53. The molecule has 0 saturated carbocycles. The number of benzene rings is 1. The third kappa shape index (κ3) is 5.04. The molecular weight excluding hydrogens is 384 g/mol. The molecule has 1 aliphatic rings. The molecule has 0 atom stereocenters. The SMILES string of the molecule is CCN(CCN1C=C(NS(=O)(=O)c2cccc(Cl)c2C)SN1)C(C)=O. The zero-order valence-electron chi connectivity index (χ0n) is 14.2. The van der Waals surface area contributed by atoms with Gasteiger partial charge in [-0.15, -0.1) is 0 Å². The highest BCUT2D eigenvalue weighted by Gasteiger charge is 2.23. The summed E-state index contributed by atoms with van der Waals surface area (Å²) in [5.41, 5.74) is 0.505. The zero-order valence-corrected chi connectivity index (χ0v) is 16.6. The Hall–Kier alpha value is -1.42. The number of nitrogens with zero attached hydrogens (tertiary/aromatic N) is 2. The van der Waals surface area contributed by atoms with Gasteiger partial charge < -0.3 is 9.91 Å². The van der Waals surface area contributed by atoms with Gasteiger partial charge in [0.1, 0.15) is 5.03 Å². The third-order valence-electron chi connectivity index (χ3n) is 3.73. The van der Waals surface area contributed by atoms with Crippen molar-refractivity contribution in [2.24, 2.45) is 0 Å². The quantitative estimate of drug-likeness (QED) is 0.677. The molecule has 1 amide bonds. The molecule has 0 spiro atoms. The van der Waals surface area contributed by atoms with E-state index in [4.69, 9.17) is 11.6 Å². The normalized spacial score (nSPS) is 14.4. The number of sulfonamides is 1. The number of hydrazine groups is 1. The van der Waals surface area contributed by atoms with Gasteiger partial charge in [0.15, 0.2) is 0 Å². The molecule has 7 nitrogen and oxygen atoms in total. The average molecular weight is 405 g/mol. The number of amides is 1. The molecule has 1 aromatic carbocycles. The van der Waals surface area contributed by atoms with Crippen LogP contribution >= 0.6 is 23.5 Å². The van der Waals surface area contributed by atoms with Gasteiger partial charge in [-0.05, 0) is 43.5 Å². The van der Waals surface area contributed by atoms with Gasteiger partial charge in [-0.2, -0.15) is 4.83 Å². The molecule has 0 radical (unpaired) electrons. The molecule has 10 heteroatoms. The first kappa shape index (κ1) is 19.9. The number of halogens is 1. The van der Waals surface area contributed by atoms with E-state index in [2.05, 4.69) is 9.55 Å². The van der Waals surface area contributed by atoms with Gasteiger partial charge in [0, 0.05) is 31.2 Å². The molecule has 0 saturated heterocycles. The highest BCUT2D eigenvalue weighted by Crippen LogP contribution is 2.25. The van der Waals surface area contributed by atoms with Crippen LogP contribution in [0.4, 0.5) is 0 Å². The van der Waals surface area contributed by atoms with E-state index in [0.29, 0.717) is 35.2 Å². The first-order valence-corrected chi connectivity index (χ1v) is 10.4. The Morgan fingerprint density at radius 1 is 1.44 bits per heavy atom. The maximum Gasteiger partial charge on any atom is 0.262 e. The maximum absolute atomic E-state index is 12.5. The molecule has 25 heavy (non-hydrogen) atoms. The summed E-state index contributed by atoms with van der Waals surface area (Å²) in [6, 6.07) is 4.77. The lowest BCUT2D eigenvalue weighted by atomic mass is 10.2. The lowest BCUT2D eigenvalue weighted by Crippen LogP contribution is -2.37. The Kier molecular flexibility index (Phi) is 6.61. The summed E-state index contributed by atoms with van der Waals surface area (Å²) in [7, 11) is -3.72. The summed E-state index contributed by atoms with van der Waals surface area (Å²) in [4.78, 5) is 16.3. The molecule has 0 aliphatic carbocycles. The van der Waals surface area contributed by atoms with Crippen molar-refractivity contribution < 1.29 is 13.2 Å². The summed E-state index contributed by atoms with van der Waals surface area (Å²) in [6.45, 7) is 6.83. The predicted octanol–water partition coefficient (Wildman–Crippen LogP) is 2.06. The molecule has 2 N–H and O–H groups in total. The molecule has 1 aliphatic heterocycles. The topological polar surface area (TPSA) is 81.8 Å². The minimum absolute atomic E-state index is 0.00990. The lowest BCUT2D eigenvalue weighted by molar-refractivity contribution is -0.128. The Balaban J connectivity index is 2.03. The fourth-order valence-corrected chi connectivity index (χ4v) is 4.76. The van der Waals surface area contributed by atoms with Crippen LogP contribution in [0.15, 0.2) is 34.3 Å². The highest BCUT2D eigenvalue weighted by molar-refractivity contribution is 8.02. The van der Waals surface area contributed by atoms with Crippen LogP contribution in [-0.4, -0.2) is 43.9 Å². The Bertz CT molecular complexity index is 783. The molecule has 1 aromatic rings. The van der Waals surface area contributed by atoms with E-state index >= 15 is 0 Å². The number of carbonyl (C=O) groups is 1. The Labute approximate surface area is 157 Å². The van der Waals surface area contributed by atoms with Gasteiger partial charge in [-0.25, -0.2) is 8.42 Å². The molecule has 0 aromatic heterocycles. The second kappa shape index (κ2) is 8.31. The highest BCUT2D eigenvalue weighted by atomic mass is 35.5. The van der Waals surface area contributed by atoms with Crippen LogP contribution in [0.25, 0.3) is 0 Å². The van der Waals surface area contributed by atoms with Crippen molar-refractivity contribution in [3.63, 3.8) is 0 Å². The lowest BCUT2D eigenvalue weighted by Gasteiger charge is -2.22. The summed E-state index contributed by atoms with van der Waals surface area (Å²) in [5.74, 6) is 0.00990. The summed E-state index contributed by atoms with van der Waals surface area (Å²) < 4.78 is 27.6. The Morgan fingerprint density at radius 2 is 2.16 bits per heavy atom. The first-order chi connectivity index (χ1) is 11.7. The van der Waals surface area contributed by atoms with E-state index in [9.17, 15) is 13.2 Å². The zero-order chi connectivity index (χ0) is 18.6. The smallest absolute Gasteiger partial charge is 0.262 e. The van der Waals surface area contributed by atoms with Crippen molar-refractivity contribution in [1.29, 1.82) is 0 Å². The van der Waals surface area contributed by atoms with Gasteiger partial charge in [0.05, 0.1) is 11.4 Å². The molecule has 138 valence electrons. The molecule has 0 unspecified atom stereocenters. The van der Waals surface area contributed by atoms with E-state index in [1.165, 1.54) is 13.0 Å². The van der Waals surface area contributed by atoms with Gasteiger partial charge in [-0.3, -0.25) is 9.52 Å². The van der Waals surface area contributed by atoms with Gasteiger partial charge in [-0.1, -0.05) is 17.7 Å². The number of likely N-dealkylation sites (N-methyl/N-ethyl adjacent to an activating group) is 1. The van der Waals surface area contributed by atoms with Crippen LogP contribution in [-0.2, 0) is 14.8 Å². The van der Waals surface area contributed by atoms with E-state index in [1.54, 1.807) is 35.2 Å². The maximum atomic E-state index is 12.5. The number of rotatable bonds is 7. The van der Waals surface area contributed by atoms with Crippen molar-refractivity contribution in [2.45, 2.75) is 25.7 Å². The number of nitrogens with one attached hydrogen (secondary N) is 2. The average Bonchev–Trinajstić information content (AvgIpc) is 2.96. The van der Waals surface area contributed by atoms with Crippen molar-refractivity contribution in [3.05, 3.63) is 40.0 Å². The minimum Gasteiger partial charge on any atom is -0.341 e. The number of hydrogen-bond donors (Lipinski definition) is 2. The van der Waals surface area contributed by atoms with Crippen LogP contribution in [0.2, 0.25) is 5.02 Å². The fourth-order valence-electron chi connectivity index (χ4n) is 2.29. The van der Waals surface area contributed by atoms with E-state index in [-0.39, 0.29) is 10.8 Å². The second-order valence-corrected chi connectivity index (χ2v) is 8.33. The van der Waals surface area contributed by atoms with Crippen molar-refractivity contribution >= 4 is 39.5 Å². The fraction of sp³-hybridized carbons (Fsp3) is 0.400. The molecule has 1 heterocycles. The van der Waals surface area contributed by atoms with Crippen LogP contribution in [0.5, 0.6) is 0 Å². The van der Waals surface area contributed by atoms with Gasteiger partial charge in [0.2, 0.25) is 5.91 Å². The van der Waals surface area contributed by atoms with Crippen LogP contribution in [0.3, 0.4) is 0 Å². The Morgan fingerprint density at radius 3 is 2.80 bits per heavy atom. The molecule has 0 fully saturated rings. The van der Waals surface area contributed by atoms with Crippen LogP contribution in [0, 0.1) is 6.92 Å². The van der Waals surface area contributed by atoms with Crippen molar-refractivity contribution in [2.75, 3.05) is 19.6 Å². The molecule has 0 bridgehead atoms. The van der Waals surface area contributed by atoms with Crippen molar-refractivity contribution in [1.82, 2.24) is 19.5 Å². The monoisotopic (exact) mass is 404 g/mol.